The summed E-state index contributed by atoms with van der Waals surface area (Å²) < 4.78 is 54.6. The predicted octanol–water partition coefficient (Wildman–Crippen LogP) is 8.70. The lowest BCUT2D eigenvalue weighted by molar-refractivity contribution is -0.137. The Morgan fingerprint density at radius 2 is 1.62 bits per heavy atom. The van der Waals surface area contributed by atoms with E-state index in [9.17, 15) is 18.0 Å². The third-order valence-corrected chi connectivity index (χ3v) is 7.91. The van der Waals surface area contributed by atoms with Crippen molar-refractivity contribution in [2.24, 2.45) is 5.10 Å². The van der Waals surface area contributed by atoms with Crippen molar-refractivity contribution in [3.63, 3.8) is 0 Å². The number of alkyl halides is 3. The van der Waals surface area contributed by atoms with Gasteiger partial charge in [-0.25, -0.2) is 4.98 Å². The number of fused-ring (bicyclic) bond motifs is 2. The maximum absolute atomic E-state index is 13.6. The molecule has 45 heavy (non-hydrogen) atoms. The third-order valence-electron chi connectivity index (χ3n) is 7.11. The number of rotatable bonds is 8. The van der Waals surface area contributed by atoms with Crippen LogP contribution in [0, 0.1) is 3.57 Å². The number of nitrogens with zero attached hydrogens (tertiary/aromatic N) is 3. The second-order valence-corrected chi connectivity index (χ2v) is 11.2. The molecule has 1 heterocycles. The van der Waals surface area contributed by atoms with Gasteiger partial charge >= 0.3 is 6.18 Å². The maximum atomic E-state index is 13.6. The lowest BCUT2D eigenvalue weighted by atomic mass is 10.1. The minimum absolute atomic E-state index is 0.0178. The van der Waals surface area contributed by atoms with Crippen LogP contribution in [0.1, 0.15) is 23.6 Å². The van der Waals surface area contributed by atoms with Crippen LogP contribution in [0.5, 0.6) is 11.5 Å². The number of aromatic nitrogens is 2. The van der Waals surface area contributed by atoms with E-state index in [1.165, 1.54) is 18.3 Å². The van der Waals surface area contributed by atoms with E-state index in [0.717, 1.165) is 36.7 Å². The molecule has 0 aliphatic rings. The molecule has 6 rings (SSSR count). The Bertz CT molecular complexity index is 2120. The van der Waals surface area contributed by atoms with Gasteiger partial charge < -0.3 is 9.47 Å². The second-order valence-electron chi connectivity index (χ2n) is 10.1. The van der Waals surface area contributed by atoms with Crippen molar-refractivity contribution >= 4 is 50.5 Å². The van der Waals surface area contributed by atoms with Gasteiger partial charge in [-0.3, -0.25) is 4.79 Å². The predicted molar refractivity (Wildman–Crippen MR) is 178 cm³/mol. The van der Waals surface area contributed by atoms with Gasteiger partial charge in [-0.2, -0.15) is 22.9 Å². The van der Waals surface area contributed by atoms with Crippen LogP contribution < -0.4 is 15.0 Å². The number of benzene rings is 5. The first kappa shape index (κ1) is 30.3. The summed E-state index contributed by atoms with van der Waals surface area (Å²) >= 11 is 2.16. The van der Waals surface area contributed by atoms with E-state index in [1.54, 1.807) is 30.3 Å². The van der Waals surface area contributed by atoms with Crippen molar-refractivity contribution in [2.45, 2.75) is 19.7 Å². The Balaban J connectivity index is 1.39. The van der Waals surface area contributed by atoms with E-state index in [4.69, 9.17) is 9.47 Å². The summed E-state index contributed by atoms with van der Waals surface area (Å²) in [4.78, 5) is 18.1. The molecule has 226 valence electrons. The first-order valence-corrected chi connectivity index (χ1v) is 15.1. The van der Waals surface area contributed by atoms with E-state index in [2.05, 4.69) is 50.9 Å². The highest BCUT2D eigenvalue weighted by molar-refractivity contribution is 14.1. The average Bonchev–Trinajstić information content (AvgIpc) is 3.04. The molecule has 0 amide bonds. The third kappa shape index (κ3) is 6.41. The molecule has 6 aromatic rings. The molecule has 0 bridgehead atoms. The van der Waals surface area contributed by atoms with Gasteiger partial charge in [0.15, 0.2) is 17.3 Å². The molecule has 0 fully saturated rings. The molecule has 0 radical (unpaired) electrons. The van der Waals surface area contributed by atoms with E-state index in [-0.39, 0.29) is 16.8 Å². The minimum Gasteiger partial charge on any atom is -0.490 e. The lowest BCUT2D eigenvalue weighted by Crippen LogP contribution is -2.20. The largest absolute Gasteiger partial charge is 0.490 e. The zero-order valence-electron chi connectivity index (χ0n) is 23.9. The fourth-order valence-electron chi connectivity index (χ4n) is 5.01. The SMILES string of the molecule is CCOc1cc(C=Nn2c(-c3cccc(C(F)(F)F)c3)nc3ccccc3c2=O)cc(I)c1OCc1cccc2ccccc12. The molecular weight excluding hydrogens is 694 g/mol. The van der Waals surface area contributed by atoms with Crippen molar-refractivity contribution < 1.29 is 22.6 Å². The van der Waals surface area contributed by atoms with Crippen LogP contribution in [-0.4, -0.2) is 22.5 Å². The minimum atomic E-state index is -4.56. The number of hydrogen-bond acceptors (Lipinski definition) is 5. The number of halogens is 4. The van der Waals surface area contributed by atoms with Gasteiger partial charge in [-0.05, 0) is 87.8 Å². The van der Waals surface area contributed by atoms with Gasteiger partial charge in [0.1, 0.15) is 6.61 Å². The van der Waals surface area contributed by atoms with Crippen molar-refractivity contribution in [3.05, 3.63) is 134 Å². The molecule has 0 aliphatic carbocycles. The molecule has 0 saturated carbocycles. The van der Waals surface area contributed by atoms with Crippen molar-refractivity contribution in [1.82, 2.24) is 9.66 Å². The molecule has 0 spiro atoms. The Labute approximate surface area is 269 Å². The van der Waals surface area contributed by atoms with Gasteiger partial charge in [0.05, 0.1) is 32.9 Å². The van der Waals surface area contributed by atoms with Crippen LogP contribution in [0.2, 0.25) is 0 Å². The normalized spacial score (nSPS) is 11.8. The molecular formula is C35H25F3IN3O3. The molecule has 10 heteroatoms. The van der Waals surface area contributed by atoms with Gasteiger partial charge in [0, 0.05) is 5.56 Å². The highest BCUT2D eigenvalue weighted by Crippen LogP contribution is 2.35. The second kappa shape index (κ2) is 12.7. The summed E-state index contributed by atoms with van der Waals surface area (Å²) in [5, 5.41) is 6.93. The first-order chi connectivity index (χ1) is 21.7. The standard InChI is InChI=1S/C35H25F3IN3O3/c1-2-44-31-18-22(17-29(39)32(31)45-21-25-12-7-10-23-9-3-4-14-27(23)25)20-40-42-33(24-11-8-13-26(19-24)35(36,37)38)41-30-16-6-5-15-28(30)34(42)43/h3-20H,2,21H2,1H3. The average molecular weight is 720 g/mol. The number of hydrogen-bond donors (Lipinski definition) is 0. The molecule has 0 saturated heterocycles. The highest BCUT2D eigenvalue weighted by Gasteiger charge is 2.31. The van der Waals surface area contributed by atoms with Gasteiger partial charge in [-0.1, -0.05) is 66.7 Å². The molecule has 0 atom stereocenters. The van der Waals surface area contributed by atoms with Crippen LogP contribution in [-0.2, 0) is 12.8 Å². The molecule has 0 aliphatic heterocycles. The zero-order valence-corrected chi connectivity index (χ0v) is 26.0. The summed E-state index contributed by atoms with van der Waals surface area (Å²) in [7, 11) is 0. The van der Waals surface area contributed by atoms with Gasteiger partial charge in [0.2, 0.25) is 0 Å². The van der Waals surface area contributed by atoms with Crippen LogP contribution in [0.15, 0.2) is 113 Å². The van der Waals surface area contributed by atoms with Crippen molar-refractivity contribution in [2.75, 3.05) is 6.61 Å². The monoisotopic (exact) mass is 719 g/mol. The van der Waals surface area contributed by atoms with Crippen molar-refractivity contribution in [1.29, 1.82) is 0 Å². The fourth-order valence-corrected chi connectivity index (χ4v) is 5.79. The Morgan fingerprint density at radius 3 is 2.42 bits per heavy atom. The van der Waals surface area contributed by atoms with Crippen LogP contribution in [0.4, 0.5) is 13.2 Å². The lowest BCUT2D eigenvalue weighted by Gasteiger charge is -2.16. The van der Waals surface area contributed by atoms with Crippen molar-refractivity contribution in [3.8, 4) is 22.9 Å². The topological polar surface area (TPSA) is 65.7 Å². The highest BCUT2D eigenvalue weighted by atomic mass is 127. The number of para-hydroxylation sites is 1. The Hall–Kier alpha value is -4.71. The van der Waals surface area contributed by atoms with E-state index >= 15 is 0 Å². The Morgan fingerprint density at radius 1 is 0.889 bits per heavy atom. The van der Waals surface area contributed by atoms with Gasteiger partial charge in [-0.15, -0.1) is 0 Å². The molecule has 1 aromatic heterocycles. The van der Waals surface area contributed by atoms with Crippen LogP contribution in [0.3, 0.4) is 0 Å². The smallest absolute Gasteiger partial charge is 0.416 e. The summed E-state index contributed by atoms with van der Waals surface area (Å²) in [6.07, 6.45) is -3.11. The summed E-state index contributed by atoms with van der Waals surface area (Å²) in [5.41, 5.74) is 0.707. The van der Waals surface area contributed by atoms with Gasteiger partial charge in [0.25, 0.3) is 5.56 Å². The maximum Gasteiger partial charge on any atom is 0.416 e. The summed E-state index contributed by atoms with van der Waals surface area (Å²) in [6, 6.07) is 29.0. The fraction of sp³-hybridized carbons (Fsp3) is 0.114. The van der Waals surface area contributed by atoms with E-state index in [1.807, 2.05) is 37.3 Å². The molecule has 6 nitrogen and oxygen atoms in total. The summed E-state index contributed by atoms with van der Waals surface area (Å²) in [6.45, 7) is 2.57. The number of ether oxygens (including phenoxy) is 2. The first-order valence-electron chi connectivity index (χ1n) is 14.0. The van der Waals surface area contributed by atoms with E-state index < -0.39 is 17.3 Å². The molecule has 5 aromatic carbocycles. The van der Waals surface area contributed by atoms with Crippen LogP contribution in [0.25, 0.3) is 33.1 Å². The molecule has 0 unspecified atom stereocenters. The summed E-state index contributed by atoms with van der Waals surface area (Å²) in [5.74, 6) is 1.04. The zero-order chi connectivity index (χ0) is 31.6. The molecule has 0 N–H and O–H groups in total. The van der Waals surface area contributed by atoms with E-state index in [0.29, 0.717) is 35.8 Å². The quantitative estimate of drug-likeness (QED) is 0.117. The Kier molecular flexibility index (Phi) is 8.57. The van der Waals surface area contributed by atoms with Crippen LogP contribution >= 0.6 is 22.6 Å².